The molecule has 3 heterocycles. The van der Waals surface area contributed by atoms with Crippen molar-refractivity contribution in [3.63, 3.8) is 0 Å². The summed E-state index contributed by atoms with van der Waals surface area (Å²) in [6, 6.07) is 20.2. The number of nitrogens with zero attached hydrogens (tertiary/aromatic N) is 4. The SMILES string of the molecule is CSc1nc(-c2cccc(NC(=O)c3cccc4c3ccn4C)c2)c(-c2ccnc(NC(C)=O)c2)n1COCC[Si](C)(C)C. The van der Waals surface area contributed by atoms with E-state index in [4.69, 9.17) is 9.72 Å². The highest BCUT2D eigenvalue weighted by Gasteiger charge is 2.22. The molecule has 0 saturated carbocycles. The maximum atomic E-state index is 13.4. The molecule has 0 bridgehead atoms. The number of thioether (sulfide) groups is 1. The zero-order chi connectivity index (χ0) is 31.4. The van der Waals surface area contributed by atoms with Gasteiger partial charge in [-0.05, 0) is 54.8 Å². The topological polar surface area (TPSA) is 103 Å². The van der Waals surface area contributed by atoms with Crippen LogP contribution in [0, 0.1) is 0 Å². The fourth-order valence-corrected chi connectivity index (χ4v) is 6.31. The predicted molar refractivity (Wildman–Crippen MR) is 182 cm³/mol. The normalized spacial score (nSPS) is 11.6. The number of amides is 2. The van der Waals surface area contributed by atoms with Gasteiger partial charge in [0, 0.05) is 74.3 Å². The zero-order valence-electron chi connectivity index (χ0n) is 26.0. The molecule has 3 aromatic heterocycles. The van der Waals surface area contributed by atoms with Crippen molar-refractivity contribution in [1.29, 1.82) is 0 Å². The molecule has 0 spiro atoms. The second kappa shape index (κ2) is 13.2. The van der Waals surface area contributed by atoms with Gasteiger partial charge in [0.2, 0.25) is 5.91 Å². The van der Waals surface area contributed by atoms with Gasteiger partial charge in [0.1, 0.15) is 12.5 Å². The third-order valence-electron chi connectivity index (χ3n) is 7.24. The number of pyridine rings is 1. The van der Waals surface area contributed by atoms with Crippen LogP contribution >= 0.6 is 11.8 Å². The van der Waals surface area contributed by atoms with E-state index in [0.717, 1.165) is 44.6 Å². The van der Waals surface area contributed by atoms with Crippen LogP contribution in [0.4, 0.5) is 11.5 Å². The predicted octanol–water partition coefficient (Wildman–Crippen LogP) is 7.35. The molecule has 9 nitrogen and oxygen atoms in total. The molecule has 0 aliphatic carbocycles. The molecule has 2 amide bonds. The van der Waals surface area contributed by atoms with Gasteiger partial charge in [-0.15, -0.1) is 0 Å². The third-order valence-corrected chi connectivity index (χ3v) is 9.62. The Morgan fingerprint density at radius 1 is 1.00 bits per heavy atom. The van der Waals surface area contributed by atoms with E-state index >= 15 is 0 Å². The quantitative estimate of drug-likeness (QED) is 0.0903. The summed E-state index contributed by atoms with van der Waals surface area (Å²) in [5.74, 6) is 0.0760. The number of fused-ring (bicyclic) bond motifs is 1. The van der Waals surface area contributed by atoms with Crippen molar-refractivity contribution in [3.05, 3.63) is 78.6 Å². The number of carbonyl (C=O) groups is 2. The fraction of sp³-hybridized carbons (Fsp3) is 0.273. The highest BCUT2D eigenvalue weighted by Crippen LogP contribution is 2.37. The monoisotopic (exact) mass is 626 g/mol. The molecular weight excluding hydrogens is 589 g/mol. The van der Waals surface area contributed by atoms with Crippen molar-refractivity contribution >= 4 is 54.1 Å². The second-order valence-corrected chi connectivity index (χ2v) is 18.3. The van der Waals surface area contributed by atoms with E-state index in [0.29, 0.717) is 30.4 Å². The van der Waals surface area contributed by atoms with Gasteiger partial charge < -0.3 is 19.9 Å². The summed E-state index contributed by atoms with van der Waals surface area (Å²) in [6.07, 6.45) is 5.62. The van der Waals surface area contributed by atoms with E-state index < -0.39 is 8.07 Å². The first-order valence-electron chi connectivity index (χ1n) is 14.5. The highest BCUT2D eigenvalue weighted by molar-refractivity contribution is 7.98. The van der Waals surface area contributed by atoms with E-state index in [1.165, 1.54) is 18.7 Å². The van der Waals surface area contributed by atoms with E-state index in [1.807, 2.05) is 84.7 Å². The summed E-state index contributed by atoms with van der Waals surface area (Å²) in [7, 11) is 0.701. The van der Waals surface area contributed by atoms with Gasteiger partial charge in [-0.2, -0.15) is 0 Å². The Labute approximate surface area is 263 Å². The zero-order valence-corrected chi connectivity index (χ0v) is 27.8. The van der Waals surface area contributed by atoms with Gasteiger partial charge in [-0.1, -0.05) is 49.6 Å². The van der Waals surface area contributed by atoms with Crippen LogP contribution in [0.3, 0.4) is 0 Å². The Bertz CT molecular complexity index is 1820. The van der Waals surface area contributed by atoms with Gasteiger partial charge >= 0.3 is 0 Å². The van der Waals surface area contributed by atoms with Crippen molar-refractivity contribution in [2.45, 2.75) is 44.5 Å². The standard InChI is InChI=1S/C33H38N6O3SSi/c1-22(40)35-29-20-24(13-15-34-29)31-30(37-33(43-3)39(31)21-42-17-18-44(4,5)6)23-9-7-10-25(19-23)36-32(41)27-11-8-12-28-26(27)14-16-38(28)2/h7-16,19-20H,17-18,21H2,1-6H3,(H,36,41)(H,34,35,40). The van der Waals surface area contributed by atoms with Crippen molar-refractivity contribution in [2.24, 2.45) is 7.05 Å². The van der Waals surface area contributed by atoms with E-state index in [-0.39, 0.29) is 11.8 Å². The Kier molecular flexibility index (Phi) is 9.38. The summed E-state index contributed by atoms with van der Waals surface area (Å²) in [5, 5.41) is 7.56. The Hall–Kier alpha value is -4.19. The maximum absolute atomic E-state index is 13.4. The maximum Gasteiger partial charge on any atom is 0.256 e. The Morgan fingerprint density at radius 3 is 2.55 bits per heavy atom. The van der Waals surface area contributed by atoms with Gasteiger partial charge in [0.05, 0.1) is 11.4 Å². The fourth-order valence-electron chi connectivity index (χ4n) is 5.01. The number of carbonyl (C=O) groups excluding carboxylic acids is 2. The number of hydrogen-bond donors (Lipinski definition) is 2. The molecule has 2 N–H and O–H groups in total. The van der Waals surface area contributed by atoms with Crippen LogP contribution in [-0.2, 0) is 23.3 Å². The first-order valence-corrected chi connectivity index (χ1v) is 19.4. The summed E-state index contributed by atoms with van der Waals surface area (Å²) < 4.78 is 10.3. The summed E-state index contributed by atoms with van der Waals surface area (Å²) in [5.41, 5.74) is 5.52. The minimum Gasteiger partial charge on any atom is -0.361 e. The lowest BCUT2D eigenvalue weighted by atomic mass is 10.0. The molecule has 0 aliphatic rings. The van der Waals surface area contributed by atoms with Gasteiger partial charge in [-0.25, -0.2) is 9.97 Å². The minimum absolute atomic E-state index is 0.181. The summed E-state index contributed by atoms with van der Waals surface area (Å²) >= 11 is 1.54. The van der Waals surface area contributed by atoms with E-state index in [9.17, 15) is 9.59 Å². The number of aryl methyl sites for hydroxylation is 1. The highest BCUT2D eigenvalue weighted by atomic mass is 32.2. The molecule has 5 aromatic rings. The van der Waals surface area contributed by atoms with Crippen LogP contribution < -0.4 is 10.6 Å². The van der Waals surface area contributed by atoms with Crippen LogP contribution in [-0.4, -0.2) is 51.9 Å². The molecule has 228 valence electrons. The number of nitrogens with one attached hydrogen (secondary N) is 2. The third kappa shape index (κ3) is 7.12. The van der Waals surface area contributed by atoms with Gasteiger partial charge in [-0.3, -0.25) is 14.2 Å². The van der Waals surface area contributed by atoms with Crippen molar-refractivity contribution in [1.82, 2.24) is 19.1 Å². The van der Waals surface area contributed by atoms with Gasteiger partial charge in [0.15, 0.2) is 5.16 Å². The average molecular weight is 627 g/mol. The van der Waals surface area contributed by atoms with E-state index in [2.05, 4.69) is 39.8 Å². The van der Waals surface area contributed by atoms with Crippen LogP contribution in [0.15, 0.2) is 78.2 Å². The minimum atomic E-state index is -1.26. The number of rotatable bonds is 11. The number of imidazole rings is 1. The lowest BCUT2D eigenvalue weighted by Crippen LogP contribution is -2.22. The summed E-state index contributed by atoms with van der Waals surface area (Å²) in [4.78, 5) is 34.6. The molecule has 0 atom stereocenters. The Morgan fingerprint density at radius 2 is 1.80 bits per heavy atom. The van der Waals surface area contributed by atoms with Crippen LogP contribution in [0.2, 0.25) is 25.7 Å². The van der Waals surface area contributed by atoms with E-state index in [1.54, 1.807) is 6.20 Å². The molecule has 0 saturated heterocycles. The molecule has 0 aliphatic heterocycles. The first-order chi connectivity index (χ1) is 21.0. The summed E-state index contributed by atoms with van der Waals surface area (Å²) in [6.45, 7) is 9.45. The molecule has 5 rings (SSSR count). The molecule has 0 radical (unpaired) electrons. The van der Waals surface area contributed by atoms with Crippen LogP contribution in [0.1, 0.15) is 17.3 Å². The lowest BCUT2D eigenvalue weighted by Gasteiger charge is -2.17. The average Bonchev–Trinajstić information content (AvgIpc) is 3.55. The van der Waals surface area contributed by atoms with Crippen molar-refractivity contribution < 1.29 is 14.3 Å². The number of anilines is 2. The van der Waals surface area contributed by atoms with Crippen molar-refractivity contribution in [3.8, 4) is 22.5 Å². The molecule has 2 aromatic carbocycles. The van der Waals surface area contributed by atoms with Gasteiger partial charge in [0.25, 0.3) is 5.91 Å². The molecule has 44 heavy (non-hydrogen) atoms. The van der Waals surface area contributed by atoms with Crippen LogP contribution in [0.25, 0.3) is 33.4 Å². The first kappa shape index (κ1) is 31.2. The number of ether oxygens (including phenoxy) is 1. The number of benzene rings is 2. The molecule has 0 fully saturated rings. The Balaban J connectivity index is 1.53. The molecule has 11 heteroatoms. The van der Waals surface area contributed by atoms with Crippen LogP contribution in [0.5, 0.6) is 0 Å². The van der Waals surface area contributed by atoms with Crippen molar-refractivity contribution in [2.75, 3.05) is 23.5 Å². The largest absolute Gasteiger partial charge is 0.361 e. The second-order valence-electron chi connectivity index (χ2n) is 11.9. The smallest absolute Gasteiger partial charge is 0.256 e. The molecule has 0 unspecified atom stereocenters. The number of aromatic nitrogens is 4. The number of hydrogen-bond acceptors (Lipinski definition) is 6. The lowest BCUT2D eigenvalue weighted by molar-refractivity contribution is -0.114. The molecular formula is C33H38N6O3SSi.